The fraction of sp³-hybridized carbons (Fsp3) is 0.161. The van der Waals surface area contributed by atoms with Gasteiger partial charge in [0.25, 0.3) is 21.6 Å². The second-order valence-electron chi connectivity index (χ2n) is 10.4. The van der Waals surface area contributed by atoms with Gasteiger partial charge in [-0.15, -0.1) is 0 Å². The summed E-state index contributed by atoms with van der Waals surface area (Å²) in [4.78, 5) is 34.3. The van der Waals surface area contributed by atoms with E-state index in [-0.39, 0.29) is 16.6 Å². The molecule has 0 spiro atoms. The first-order valence-corrected chi connectivity index (χ1v) is 15.6. The number of halogens is 1. The SMILES string of the molecule is O=C(NS(=O)(=O)c1cc([N+](=O)[O-])c2[nH]cnc2c1)c1ccc(N2CCN(Cc3ccccc3-c3ccc(Cl)cc3)CC2)cc1. The highest BCUT2D eigenvalue weighted by Crippen LogP contribution is 2.28. The van der Waals surface area contributed by atoms with E-state index in [1.54, 1.807) is 24.3 Å². The number of nitrogens with zero attached hydrogens (tertiary/aromatic N) is 4. The van der Waals surface area contributed by atoms with Gasteiger partial charge in [-0.3, -0.25) is 19.8 Å². The normalized spacial score (nSPS) is 14.1. The summed E-state index contributed by atoms with van der Waals surface area (Å²) in [5.41, 5.74) is 4.36. The lowest BCUT2D eigenvalue weighted by Crippen LogP contribution is -2.46. The van der Waals surface area contributed by atoms with Crippen LogP contribution in [0.2, 0.25) is 5.02 Å². The largest absolute Gasteiger partial charge is 0.369 e. The van der Waals surface area contributed by atoms with Crippen LogP contribution in [0.4, 0.5) is 11.4 Å². The minimum Gasteiger partial charge on any atom is -0.369 e. The highest BCUT2D eigenvalue weighted by Gasteiger charge is 2.25. The Balaban J connectivity index is 1.08. The van der Waals surface area contributed by atoms with Crippen molar-refractivity contribution in [1.82, 2.24) is 19.6 Å². The van der Waals surface area contributed by atoms with Crippen molar-refractivity contribution in [1.29, 1.82) is 0 Å². The Morgan fingerprint density at radius 1 is 0.977 bits per heavy atom. The zero-order valence-electron chi connectivity index (χ0n) is 23.3. The fourth-order valence-electron chi connectivity index (χ4n) is 5.34. The minimum atomic E-state index is -4.40. The number of nitro benzene ring substituents is 1. The molecule has 0 saturated carbocycles. The molecular formula is C31H27ClN6O5S. The zero-order valence-corrected chi connectivity index (χ0v) is 24.9. The van der Waals surface area contributed by atoms with Crippen LogP contribution < -0.4 is 9.62 Å². The zero-order chi connectivity index (χ0) is 30.8. The van der Waals surface area contributed by atoms with Crippen LogP contribution in [0.1, 0.15) is 15.9 Å². The maximum absolute atomic E-state index is 12.9. The number of hydrogen-bond acceptors (Lipinski definition) is 8. The van der Waals surface area contributed by atoms with Crippen LogP contribution in [0.15, 0.2) is 96.2 Å². The lowest BCUT2D eigenvalue weighted by atomic mass is 9.99. The van der Waals surface area contributed by atoms with Crippen molar-refractivity contribution in [3.63, 3.8) is 0 Å². The van der Waals surface area contributed by atoms with Crippen molar-refractivity contribution in [3.8, 4) is 11.1 Å². The summed E-state index contributed by atoms with van der Waals surface area (Å²) in [5.74, 6) is -0.842. The molecule has 0 aliphatic carbocycles. The summed E-state index contributed by atoms with van der Waals surface area (Å²) in [7, 11) is -4.40. The number of H-pyrrole nitrogens is 1. The Bertz CT molecular complexity index is 1950. The summed E-state index contributed by atoms with van der Waals surface area (Å²) in [6.45, 7) is 4.09. The third-order valence-corrected chi connectivity index (χ3v) is 9.21. The number of non-ortho nitro benzene ring substituents is 1. The number of carbonyl (C=O) groups is 1. The minimum absolute atomic E-state index is 0.0967. The number of benzene rings is 4. The molecule has 0 radical (unpaired) electrons. The van der Waals surface area contributed by atoms with Gasteiger partial charge in [0.05, 0.1) is 21.7 Å². The smallest absolute Gasteiger partial charge is 0.296 e. The van der Waals surface area contributed by atoms with E-state index in [0.29, 0.717) is 5.02 Å². The molecule has 6 rings (SSSR count). The number of sulfonamides is 1. The molecule has 1 aromatic heterocycles. The van der Waals surface area contributed by atoms with E-state index in [1.807, 2.05) is 35.1 Å². The van der Waals surface area contributed by atoms with Gasteiger partial charge in [-0.25, -0.2) is 18.1 Å². The van der Waals surface area contributed by atoms with Crippen molar-refractivity contribution >= 4 is 49.9 Å². The fourth-order valence-corrected chi connectivity index (χ4v) is 6.48. The van der Waals surface area contributed by atoms with E-state index < -0.39 is 31.4 Å². The van der Waals surface area contributed by atoms with Crippen molar-refractivity contribution in [2.75, 3.05) is 31.1 Å². The third-order valence-electron chi connectivity index (χ3n) is 7.65. The number of nitrogens with one attached hydrogen (secondary N) is 2. The molecule has 0 atom stereocenters. The van der Waals surface area contributed by atoms with Crippen molar-refractivity contribution < 1.29 is 18.1 Å². The number of hydrogen-bond donors (Lipinski definition) is 2. The first kappa shape index (κ1) is 29.3. The molecule has 2 heterocycles. The number of carbonyl (C=O) groups excluding carboxylic acids is 1. The van der Waals surface area contributed by atoms with Gasteiger partial charge in [-0.1, -0.05) is 48.0 Å². The first-order chi connectivity index (χ1) is 21.2. The molecule has 224 valence electrons. The third kappa shape index (κ3) is 6.13. The van der Waals surface area contributed by atoms with Crippen molar-refractivity contribution in [3.05, 3.63) is 118 Å². The number of aromatic nitrogens is 2. The topological polar surface area (TPSA) is 142 Å². The van der Waals surface area contributed by atoms with E-state index in [9.17, 15) is 23.3 Å². The second-order valence-corrected chi connectivity index (χ2v) is 12.5. The van der Waals surface area contributed by atoms with Gasteiger partial charge in [0.15, 0.2) is 0 Å². The average molecular weight is 631 g/mol. The molecule has 13 heteroatoms. The van der Waals surface area contributed by atoms with E-state index in [0.717, 1.165) is 50.0 Å². The Morgan fingerprint density at radius 2 is 1.68 bits per heavy atom. The van der Waals surface area contributed by atoms with E-state index in [2.05, 4.69) is 38.0 Å². The average Bonchev–Trinajstić information content (AvgIpc) is 3.51. The number of nitro groups is 1. The van der Waals surface area contributed by atoms with Gasteiger partial charge in [0.1, 0.15) is 5.52 Å². The Labute approximate surface area is 258 Å². The van der Waals surface area contributed by atoms with Gasteiger partial charge in [0, 0.05) is 55.1 Å². The van der Waals surface area contributed by atoms with Gasteiger partial charge in [0.2, 0.25) is 0 Å². The molecule has 0 bridgehead atoms. The molecule has 5 aromatic rings. The van der Waals surface area contributed by atoms with E-state index in [1.165, 1.54) is 23.5 Å². The molecule has 1 fully saturated rings. The van der Waals surface area contributed by atoms with Crippen LogP contribution >= 0.6 is 11.6 Å². The van der Waals surface area contributed by atoms with Crippen LogP contribution in [0, 0.1) is 10.1 Å². The second kappa shape index (κ2) is 12.1. The van der Waals surface area contributed by atoms with Crippen LogP contribution in [0.25, 0.3) is 22.2 Å². The van der Waals surface area contributed by atoms with Crippen molar-refractivity contribution in [2.24, 2.45) is 0 Å². The molecule has 4 aromatic carbocycles. The van der Waals surface area contributed by atoms with Crippen LogP contribution in [-0.2, 0) is 16.6 Å². The predicted octanol–water partition coefficient (Wildman–Crippen LogP) is 5.23. The van der Waals surface area contributed by atoms with Crippen molar-refractivity contribution in [2.45, 2.75) is 11.4 Å². The highest BCUT2D eigenvalue weighted by atomic mass is 35.5. The first-order valence-electron chi connectivity index (χ1n) is 13.8. The molecule has 1 aliphatic heterocycles. The van der Waals surface area contributed by atoms with Gasteiger partial charge < -0.3 is 9.88 Å². The summed E-state index contributed by atoms with van der Waals surface area (Å²) in [6, 6.07) is 25.0. The molecule has 1 amide bonds. The van der Waals surface area contributed by atoms with Crippen LogP contribution in [0.3, 0.4) is 0 Å². The molecule has 2 N–H and O–H groups in total. The summed E-state index contributed by atoms with van der Waals surface area (Å²) in [6.07, 6.45) is 1.23. The quantitative estimate of drug-likeness (QED) is 0.175. The maximum atomic E-state index is 12.9. The molecule has 1 saturated heterocycles. The number of piperazine rings is 1. The van der Waals surface area contributed by atoms with E-state index >= 15 is 0 Å². The molecule has 0 unspecified atom stereocenters. The number of rotatable bonds is 8. The van der Waals surface area contributed by atoms with Gasteiger partial charge in [-0.2, -0.15) is 0 Å². The summed E-state index contributed by atoms with van der Waals surface area (Å²) >= 11 is 6.08. The predicted molar refractivity (Wildman–Crippen MR) is 168 cm³/mol. The summed E-state index contributed by atoms with van der Waals surface area (Å²) in [5, 5.41) is 12.1. The van der Waals surface area contributed by atoms with Gasteiger partial charge >= 0.3 is 0 Å². The monoisotopic (exact) mass is 630 g/mol. The summed E-state index contributed by atoms with van der Waals surface area (Å²) < 4.78 is 27.9. The molecule has 11 nitrogen and oxygen atoms in total. The van der Waals surface area contributed by atoms with Crippen LogP contribution in [-0.4, -0.2) is 60.3 Å². The highest BCUT2D eigenvalue weighted by molar-refractivity contribution is 7.90. The number of fused-ring (bicyclic) bond motifs is 1. The number of aromatic amines is 1. The molecule has 1 aliphatic rings. The molecule has 44 heavy (non-hydrogen) atoms. The van der Waals surface area contributed by atoms with Gasteiger partial charge in [-0.05, 0) is 59.2 Å². The maximum Gasteiger partial charge on any atom is 0.296 e. The Kier molecular flexibility index (Phi) is 8.04. The van der Waals surface area contributed by atoms with Crippen LogP contribution in [0.5, 0.6) is 0 Å². The lowest BCUT2D eigenvalue weighted by Gasteiger charge is -2.36. The number of imidazole rings is 1. The number of anilines is 1. The number of amides is 1. The molecular weight excluding hydrogens is 604 g/mol. The van der Waals surface area contributed by atoms with E-state index in [4.69, 9.17) is 11.6 Å². The standard InChI is InChI=1S/C31H27ClN6O5S/c32-24-9-5-21(6-10-24)27-4-2-1-3-23(27)19-36-13-15-37(16-14-36)25-11-7-22(8-12-25)31(39)35-44(42,43)26-17-28-30(34-20-33-28)29(18-26)38(40)41/h1-12,17-18,20H,13-16,19H2,(H,33,34)(H,35,39). The Morgan fingerprint density at radius 3 is 2.39 bits per heavy atom. The lowest BCUT2D eigenvalue weighted by molar-refractivity contribution is -0.383. The Hall–Kier alpha value is -4.78.